The molecule has 0 aromatic heterocycles. The van der Waals surface area contributed by atoms with Gasteiger partial charge in [0.05, 0.1) is 23.7 Å². The van der Waals surface area contributed by atoms with Crippen LogP contribution < -0.4 is 10.6 Å². The van der Waals surface area contributed by atoms with Crippen LogP contribution in [0.3, 0.4) is 0 Å². The van der Waals surface area contributed by atoms with Crippen molar-refractivity contribution in [2.45, 2.75) is 24.8 Å². The third-order valence-electron chi connectivity index (χ3n) is 4.15. The minimum atomic E-state index is -3.79. The summed E-state index contributed by atoms with van der Waals surface area (Å²) in [6, 6.07) is 3.41. The fourth-order valence-electron chi connectivity index (χ4n) is 2.47. The SMILES string of the molecule is CNC(=O)NC(=O)C(C)OC(=O)c1cc(S(=O)(=O)N2CCOCC2)ccc1C. The second-order valence-electron chi connectivity index (χ2n) is 6.11. The molecule has 154 valence electrons. The van der Waals surface area contributed by atoms with Crippen LogP contribution in [-0.2, 0) is 24.3 Å². The highest BCUT2D eigenvalue weighted by Crippen LogP contribution is 2.21. The summed E-state index contributed by atoms with van der Waals surface area (Å²) in [6.45, 7) is 3.99. The molecule has 1 heterocycles. The van der Waals surface area contributed by atoms with E-state index in [4.69, 9.17) is 9.47 Å². The molecule has 1 unspecified atom stereocenters. The first kappa shape index (κ1) is 21.8. The summed E-state index contributed by atoms with van der Waals surface area (Å²) in [6.07, 6.45) is -1.25. The van der Waals surface area contributed by atoms with Crippen LogP contribution in [-0.4, -0.2) is 70.1 Å². The van der Waals surface area contributed by atoms with Crippen LogP contribution in [0.5, 0.6) is 0 Å². The number of amides is 3. The molecule has 3 amide bonds. The third-order valence-corrected chi connectivity index (χ3v) is 6.05. The number of carbonyl (C=O) groups excluding carboxylic acids is 3. The van der Waals surface area contributed by atoms with Crippen LogP contribution in [0.4, 0.5) is 4.79 Å². The number of esters is 1. The summed E-state index contributed by atoms with van der Waals surface area (Å²) in [4.78, 5) is 35.4. The fraction of sp³-hybridized carbons (Fsp3) is 0.471. The molecule has 28 heavy (non-hydrogen) atoms. The number of imide groups is 1. The van der Waals surface area contributed by atoms with Crippen molar-refractivity contribution < 1.29 is 32.3 Å². The molecule has 1 aliphatic rings. The third kappa shape index (κ3) is 5.06. The van der Waals surface area contributed by atoms with Gasteiger partial charge in [-0.1, -0.05) is 6.07 Å². The van der Waals surface area contributed by atoms with E-state index in [1.54, 1.807) is 6.92 Å². The van der Waals surface area contributed by atoms with Gasteiger partial charge in [-0.05, 0) is 31.5 Å². The Hall–Kier alpha value is -2.50. The summed E-state index contributed by atoms with van der Waals surface area (Å²) >= 11 is 0. The number of nitrogens with zero attached hydrogens (tertiary/aromatic N) is 1. The predicted octanol–water partition coefficient (Wildman–Crippen LogP) is 0.0168. The Morgan fingerprint density at radius 3 is 2.46 bits per heavy atom. The molecular weight excluding hydrogens is 390 g/mol. The van der Waals surface area contributed by atoms with Crippen LogP contribution in [0, 0.1) is 6.92 Å². The van der Waals surface area contributed by atoms with Crippen molar-refractivity contribution in [1.29, 1.82) is 0 Å². The van der Waals surface area contributed by atoms with Crippen molar-refractivity contribution in [3.8, 4) is 0 Å². The number of ether oxygens (including phenoxy) is 2. The molecule has 1 atom stereocenters. The molecule has 10 nitrogen and oxygen atoms in total. The smallest absolute Gasteiger partial charge is 0.339 e. The average molecular weight is 413 g/mol. The van der Waals surface area contributed by atoms with E-state index in [9.17, 15) is 22.8 Å². The number of hydrogen-bond acceptors (Lipinski definition) is 7. The predicted molar refractivity (Wildman–Crippen MR) is 98.2 cm³/mol. The van der Waals surface area contributed by atoms with Gasteiger partial charge in [-0.2, -0.15) is 4.31 Å². The fourth-order valence-corrected chi connectivity index (χ4v) is 3.91. The Morgan fingerprint density at radius 2 is 1.86 bits per heavy atom. The van der Waals surface area contributed by atoms with Crippen molar-refractivity contribution >= 4 is 27.9 Å². The van der Waals surface area contributed by atoms with Gasteiger partial charge in [-0.15, -0.1) is 0 Å². The van der Waals surface area contributed by atoms with Gasteiger partial charge in [0, 0.05) is 20.1 Å². The van der Waals surface area contributed by atoms with Crippen molar-refractivity contribution in [2.75, 3.05) is 33.4 Å². The maximum Gasteiger partial charge on any atom is 0.339 e. The molecule has 1 fully saturated rings. The van der Waals surface area contributed by atoms with Crippen LogP contribution in [0.1, 0.15) is 22.8 Å². The number of benzene rings is 1. The monoisotopic (exact) mass is 413 g/mol. The molecule has 0 bridgehead atoms. The summed E-state index contributed by atoms with van der Waals surface area (Å²) in [7, 11) is -2.45. The van der Waals surface area contributed by atoms with Crippen molar-refractivity contribution in [2.24, 2.45) is 0 Å². The highest BCUT2D eigenvalue weighted by Gasteiger charge is 2.28. The second kappa shape index (κ2) is 9.13. The van der Waals surface area contributed by atoms with E-state index in [1.165, 1.54) is 36.5 Å². The van der Waals surface area contributed by atoms with Crippen molar-refractivity contribution in [3.05, 3.63) is 29.3 Å². The lowest BCUT2D eigenvalue weighted by Crippen LogP contribution is -2.43. The number of rotatable bonds is 5. The first-order valence-corrected chi connectivity index (χ1v) is 10.0. The van der Waals surface area contributed by atoms with Crippen LogP contribution in [0.15, 0.2) is 23.1 Å². The Labute approximate surface area is 163 Å². The molecule has 0 spiro atoms. The van der Waals surface area contributed by atoms with Gasteiger partial charge in [-0.3, -0.25) is 10.1 Å². The molecule has 0 saturated carbocycles. The largest absolute Gasteiger partial charge is 0.449 e. The molecule has 1 saturated heterocycles. The molecule has 1 aliphatic heterocycles. The lowest BCUT2D eigenvalue weighted by molar-refractivity contribution is -0.127. The van der Waals surface area contributed by atoms with Gasteiger partial charge in [0.25, 0.3) is 5.91 Å². The highest BCUT2D eigenvalue weighted by molar-refractivity contribution is 7.89. The zero-order valence-electron chi connectivity index (χ0n) is 15.9. The maximum atomic E-state index is 12.8. The normalized spacial score (nSPS) is 16.1. The topological polar surface area (TPSA) is 131 Å². The molecule has 2 N–H and O–H groups in total. The highest BCUT2D eigenvalue weighted by atomic mass is 32.2. The summed E-state index contributed by atoms with van der Waals surface area (Å²) < 4.78 is 37.1. The van der Waals surface area contributed by atoms with Crippen molar-refractivity contribution in [3.63, 3.8) is 0 Å². The number of morpholine rings is 1. The maximum absolute atomic E-state index is 12.8. The van der Waals surface area contributed by atoms with Crippen LogP contribution in [0.2, 0.25) is 0 Å². The number of nitrogens with one attached hydrogen (secondary N) is 2. The lowest BCUT2D eigenvalue weighted by Gasteiger charge is -2.26. The molecule has 11 heteroatoms. The Balaban J connectivity index is 2.19. The summed E-state index contributed by atoms with van der Waals surface area (Å²) in [5, 5.41) is 4.21. The van der Waals surface area contributed by atoms with E-state index in [2.05, 4.69) is 5.32 Å². The molecular formula is C17H23N3O7S. The van der Waals surface area contributed by atoms with Gasteiger partial charge in [0.15, 0.2) is 6.10 Å². The van der Waals surface area contributed by atoms with E-state index in [-0.39, 0.29) is 23.5 Å². The summed E-state index contributed by atoms with van der Waals surface area (Å²) in [5.74, 6) is -1.67. The van der Waals surface area contributed by atoms with Crippen molar-refractivity contribution in [1.82, 2.24) is 14.9 Å². The van der Waals surface area contributed by atoms with Gasteiger partial charge in [0.1, 0.15) is 0 Å². The van der Waals surface area contributed by atoms with Gasteiger partial charge in [0.2, 0.25) is 10.0 Å². The van der Waals surface area contributed by atoms with E-state index >= 15 is 0 Å². The number of aryl methyl sites for hydroxylation is 1. The van der Waals surface area contributed by atoms with E-state index in [1.807, 2.05) is 5.32 Å². The van der Waals surface area contributed by atoms with E-state index in [0.717, 1.165) is 0 Å². The number of urea groups is 1. The average Bonchev–Trinajstić information content (AvgIpc) is 2.68. The molecule has 2 rings (SSSR count). The molecule has 1 aromatic rings. The minimum absolute atomic E-state index is 0.0222. The molecule has 1 aromatic carbocycles. The standard InChI is InChI=1S/C17H23N3O7S/c1-11-4-5-13(28(24,25)20-6-8-26-9-7-20)10-14(11)16(22)27-12(2)15(21)19-17(23)18-3/h4-5,10,12H,6-9H2,1-3H3,(H2,18,19,21,23). The lowest BCUT2D eigenvalue weighted by atomic mass is 10.1. The minimum Gasteiger partial charge on any atom is -0.449 e. The zero-order chi connectivity index (χ0) is 20.9. The van der Waals surface area contributed by atoms with E-state index < -0.39 is 34.0 Å². The van der Waals surface area contributed by atoms with Crippen LogP contribution >= 0.6 is 0 Å². The summed E-state index contributed by atoms with van der Waals surface area (Å²) in [5.41, 5.74) is 0.513. The quantitative estimate of drug-likeness (QED) is 0.651. The Kier molecular flexibility index (Phi) is 7.11. The molecule has 0 radical (unpaired) electrons. The number of carbonyl (C=O) groups is 3. The Morgan fingerprint density at radius 1 is 1.21 bits per heavy atom. The van der Waals surface area contributed by atoms with Gasteiger partial charge >= 0.3 is 12.0 Å². The first-order valence-electron chi connectivity index (χ1n) is 8.59. The van der Waals surface area contributed by atoms with Gasteiger partial charge in [-0.25, -0.2) is 18.0 Å². The second-order valence-corrected chi connectivity index (χ2v) is 8.05. The first-order chi connectivity index (χ1) is 13.2. The van der Waals surface area contributed by atoms with Gasteiger partial charge < -0.3 is 14.8 Å². The molecule has 0 aliphatic carbocycles. The number of sulfonamides is 1. The zero-order valence-corrected chi connectivity index (χ0v) is 16.7. The van der Waals surface area contributed by atoms with Crippen LogP contribution in [0.25, 0.3) is 0 Å². The van der Waals surface area contributed by atoms with E-state index in [0.29, 0.717) is 18.8 Å². The number of hydrogen-bond donors (Lipinski definition) is 2. The Bertz CT molecular complexity index is 864.